The number of aliphatic hydroxyl groups is 4. The Balaban J connectivity index is 1.72. The van der Waals surface area contributed by atoms with Gasteiger partial charge in [0.15, 0.2) is 12.1 Å². The van der Waals surface area contributed by atoms with Gasteiger partial charge in [-0.05, 0) is 31.8 Å². The SMILES string of the molecule is CC1=C(CC=CCCO[C@@H]2O[C@H](CO)[C@@H](O)[C@H](O)[C@H]2O)C(=O)CC1. The molecule has 1 fully saturated rings. The van der Waals surface area contributed by atoms with E-state index in [1.165, 1.54) is 0 Å². The van der Waals surface area contributed by atoms with Gasteiger partial charge in [0.05, 0.1) is 13.2 Å². The van der Waals surface area contributed by atoms with Crippen LogP contribution >= 0.6 is 0 Å². The van der Waals surface area contributed by atoms with E-state index in [0.717, 1.165) is 17.6 Å². The van der Waals surface area contributed by atoms with Crippen molar-refractivity contribution in [2.24, 2.45) is 0 Å². The number of carbonyl (C=O) groups excluding carboxylic acids is 1. The average molecular weight is 342 g/mol. The molecule has 136 valence electrons. The first-order valence-corrected chi connectivity index (χ1v) is 8.24. The lowest BCUT2D eigenvalue weighted by Gasteiger charge is -2.39. The summed E-state index contributed by atoms with van der Waals surface area (Å²) in [6, 6.07) is 0. The highest BCUT2D eigenvalue weighted by atomic mass is 16.7. The fourth-order valence-electron chi connectivity index (χ4n) is 2.91. The molecule has 5 atom stereocenters. The number of hydrogen-bond donors (Lipinski definition) is 4. The van der Waals surface area contributed by atoms with E-state index in [4.69, 9.17) is 14.6 Å². The van der Waals surface area contributed by atoms with Crippen LogP contribution in [0.5, 0.6) is 0 Å². The third-order valence-corrected chi connectivity index (χ3v) is 4.48. The first-order chi connectivity index (χ1) is 11.5. The normalized spacial score (nSPS) is 34.5. The highest BCUT2D eigenvalue weighted by Gasteiger charge is 2.43. The smallest absolute Gasteiger partial charge is 0.186 e. The molecule has 0 saturated carbocycles. The second-order valence-electron chi connectivity index (χ2n) is 6.21. The predicted octanol–water partition coefficient (Wildman–Crippen LogP) is -0.181. The van der Waals surface area contributed by atoms with Crippen LogP contribution in [0, 0.1) is 0 Å². The van der Waals surface area contributed by atoms with Crippen LogP contribution in [0.25, 0.3) is 0 Å². The van der Waals surface area contributed by atoms with Crippen molar-refractivity contribution in [2.45, 2.75) is 63.3 Å². The molecule has 0 bridgehead atoms. The van der Waals surface area contributed by atoms with Crippen LogP contribution in [-0.2, 0) is 14.3 Å². The fourth-order valence-corrected chi connectivity index (χ4v) is 2.91. The molecule has 0 radical (unpaired) electrons. The van der Waals surface area contributed by atoms with Crippen molar-refractivity contribution < 1.29 is 34.7 Å². The largest absolute Gasteiger partial charge is 0.394 e. The van der Waals surface area contributed by atoms with E-state index in [2.05, 4.69) is 0 Å². The molecular formula is C17H26O7. The van der Waals surface area contributed by atoms with Crippen molar-refractivity contribution in [3.63, 3.8) is 0 Å². The highest BCUT2D eigenvalue weighted by molar-refractivity contribution is 5.98. The third-order valence-electron chi connectivity index (χ3n) is 4.48. The van der Waals surface area contributed by atoms with Gasteiger partial charge in [0, 0.05) is 6.42 Å². The van der Waals surface area contributed by atoms with Crippen LogP contribution in [0.2, 0.25) is 0 Å². The fraction of sp³-hybridized carbons (Fsp3) is 0.706. The molecule has 0 amide bonds. The topological polar surface area (TPSA) is 116 Å². The molecule has 0 aromatic carbocycles. The molecule has 2 aliphatic rings. The minimum absolute atomic E-state index is 0.217. The van der Waals surface area contributed by atoms with Crippen molar-refractivity contribution in [3.05, 3.63) is 23.3 Å². The Labute approximate surface area is 141 Å². The van der Waals surface area contributed by atoms with E-state index in [1.54, 1.807) is 0 Å². The van der Waals surface area contributed by atoms with E-state index in [9.17, 15) is 20.1 Å². The van der Waals surface area contributed by atoms with Crippen molar-refractivity contribution in [1.29, 1.82) is 0 Å². The quantitative estimate of drug-likeness (QED) is 0.374. The van der Waals surface area contributed by atoms with Crippen molar-refractivity contribution in [3.8, 4) is 0 Å². The van der Waals surface area contributed by atoms with Crippen LogP contribution in [0.3, 0.4) is 0 Å². The lowest BCUT2D eigenvalue weighted by atomic mass is 9.99. The van der Waals surface area contributed by atoms with Gasteiger partial charge in [0.2, 0.25) is 0 Å². The van der Waals surface area contributed by atoms with Crippen LogP contribution < -0.4 is 0 Å². The second-order valence-corrected chi connectivity index (χ2v) is 6.21. The number of Topliss-reactive ketones (excluding diaryl/α,β-unsaturated/α-hetero) is 1. The maximum Gasteiger partial charge on any atom is 0.186 e. The zero-order chi connectivity index (χ0) is 17.7. The summed E-state index contributed by atoms with van der Waals surface area (Å²) in [5, 5.41) is 38.2. The second kappa shape index (κ2) is 8.84. The van der Waals surface area contributed by atoms with Crippen molar-refractivity contribution in [1.82, 2.24) is 0 Å². The number of ketones is 1. The van der Waals surface area contributed by atoms with Gasteiger partial charge in [0.1, 0.15) is 24.4 Å². The number of rotatable bonds is 7. The molecule has 0 unspecified atom stereocenters. The number of carbonyl (C=O) groups is 1. The summed E-state index contributed by atoms with van der Waals surface area (Å²) in [6.07, 6.45) is 0.162. The summed E-state index contributed by atoms with van der Waals surface area (Å²) >= 11 is 0. The Morgan fingerprint density at radius 2 is 1.92 bits per heavy atom. The van der Waals surface area contributed by atoms with Gasteiger partial charge < -0.3 is 29.9 Å². The van der Waals surface area contributed by atoms with Gasteiger partial charge in [-0.3, -0.25) is 4.79 Å². The molecule has 7 heteroatoms. The van der Waals surface area contributed by atoms with Gasteiger partial charge in [-0.1, -0.05) is 17.7 Å². The molecule has 0 aromatic heterocycles. The maximum absolute atomic E-state index is 11.6. The Morgan fingerprint density at radius 1 is 1.17 bits per heavy atom. The predicted molar refractivity (Wildman–Crippen MR) is 85.0 cm³/mol. The van der Waals surface area contributed by atoms with Crippen LogP contribution in [0.4, 0.5) is 0 Å². The molecule has 7 nitrogen and oxygen atoms in total. The molecule has 1 saturated heterocycles. The summed E-state index contributed by atoms with van der Waals surface area (Å²) in [5.74, 6) is 0.217. The van der Waals surface area contributed by atoms with Gasteiger partial charge in [0.25, 0.3) is 0 Å². The van der Waals surface area contributed by atoms with Crippen LogP contribution in [0.15, 0.2) is 23.3 Å². The van der Waals surface area contributed by atoms with E-state index in [-0.39, 0.29) is 12.4 Å². The Morgan fingerprint density at radius 3 is 2.54 bits per heavy atom. The van der Waals surface area contributed by atoms with Crippen molar-refractivity contribution in [2.75, 3.05) is 13.2 Å². The monoisotopic (exact) mass is 342 g/mol. The zero-order valence-electron chi connectivity index (χ0n) is 13.8. The summed E-state index contributed by atoms with van der Waals surface area (Å²) in [6.45, 7) is 1.74. The lowest BCUT2D eigenvalue weighted by Crippen LogP contribution is -2.59. The Bertz CT molecular complexity index is 497. The molecule has 2 rings (SSSR count). The summed E-state index contributed by atoms with van der Waals surface area (Å²) in [5.41, 5.74) is 2.04. The van der Waals surface area contributed by atoms with E-state index in [1.807, 2.05) is 19.1 Å². The van der Waals surface area contributed by atoms with E-state index < -0.39 is 37.3 Å². The first-order valence-electron chi connectivity index (χ1n) is 8.24. The number of aliphatic hydroxyl groups excluding tert-OH is 4. The molecule has 1 aliphatic carbocycles. The highest BCUT2D eigenvalue weighted by Crippen LogP contribution is 2.25. The van der Waals surface area contributed by atoms with E-state index >= 15 is 0 Å². The summed E-state index contributed by atoms with van der Waals surface area (Å²) in [4.78, 5) is 11.6. The lowest BCUT2D eigenvalue weighted by molar-refractivity contribution is -0.300. The maximum atomic E-state index is 11.6. The molecule has 24 heavy (non-hydrogen) atoms. The standard InChI is InChI=1S/C17H26O7/c1-10-6-7-12(19)11(10)5-3-2-4-8-23-17-16(22)15(21)14(20)13(9-18)24-17/h2-3,13-18,20-22H,4-9H2,1H3/t13-,14-,15+,16-,17-/m1/s1. The van der Waals surface area contributed by atoms with Gasteiger partial charge in [-0.2, -0.15) is 0 Å². The van der Waals surface area contributed by atoms with Gasteiger partial charge in [-0.15, -0.1) is 0 Å². The zero-order valence-corrected chi connectivity index (χ0v) is 13.8. The number of allylic oxidation sites excluding steroid dienone is 3. The molecule has 1 aliphatic heterocycles. The Kier molecular flexibility index (Phi) is 7.09. The van der Waals surface area contributed by atoms with Crippen molar-refractivity contribution >= 4 is 5.78 Å². The molecular weight excluding hydrogens is 316 g/mol. The summed E-state index contributed by atoms with van der Waals surface area (Å²) in [7, 11) is 0. The summed E-state index contributed by atoms with van der Waals surface area (Å²) < 4.78 is 10.6. The Hall–Kier alpha value is -1.09. The minimum Gasteiger partial charge on any atom is -0.394 e. The van der Waals surface area contributed by atoms with Crippen LogP contribution in [0.1, 0.15) is 32.6 Å². The minimum atomic E-state index is -1.43. The first kappa shape index (κ1) is 19.2. The van der Waals surface area contributed by atoms with E-state index in [0.29, 0.717) is 19.3 Å². The van der Waals surface area contributed by atoms with Gasteiger partial charge in [-0.25, -0.2) is 0 Å². The average Bonchev–Trinajstić information content (AvgIpc) is 2.89. The van der Waals surface area contributed by atoms with Gasteiger partial charge >= 0.3 is 0 Å². The number of hydrogen-bond acceptors (Lipinski definition) is 7. The molecule has 0 spiro atoms. The molecule has 0 aromatic rings. The molecule has 4 N–H and O–H groups in total. The molecule has 1 heterocycles. The third kappa shape index (κ3) is 4.50. The van der Waals surface area contributed by atoms with Crippen LogP contribution in [-0.4, -0.2) is 70.1 Å². The number of ether oxygens (including phenoxy) is 2.